The normalized spacial score (nSPS) is 22.5. The first kappa shape index (κ1) is 14.5. The molecule has 0 amide bonds. The molecule has 3 rings (SSSR count). The molecule has 1 N–H and O–H groups in total. The van der Waals surface area contributed by atoms with Crippen LogP contribution in [0.1, 0.15) is 50.5 Å². The second-order valence-electron chi connectivity index (χ2n) is 6.27. The fourth-order valence-electron chi connectivity index (χ4n) is 3.78. The summed E-state index contributed by atoms with van der Waals surface area (Å²) in [6.45, 7) is 4.54. The standard InChI is InChI=1S/C19H26N2/c1-2-12-20-14-15-7-3-4-8-16(15)17-9-5-11-19-18(17)10-6-13-21-19/h5-6,9-11,13,15-16,20H,2-4,7-8,12,14H2,1H3. The lowest BCUT2D eigenvalue weighted by molar-refractivity contribution is 0.297. The highest BCUT2D eigenvalue weighted by Crippen LogP contribution is 2.39. The summed E-state index contributed by atoms with van der Waals surface area (Å²) in [4.78, 5) is 4.52. The highest BCUT2D eigenvalue weighted by Gasteiger charge is 2.27. The molecule has 2 aromatic rings. The first-order valence-corrected chi connectivity index (χ1v) is 8.44. The molecule has 2 unspecified atom stereocenters. The molecule has 21 heavy (non-hydrogen) atoms. The Hall–Kier alpha value is -1.41. The first-order valence-electron chi connectivity index (χ1n) is 8.44. The Kier molecular flexibility index (Phi) is 4.87. The second kappa shape index (κ2) is 7.04. The number of aromatic nitrogens is 1. The molecule has 2 atom stereocenters. The average molecular weight is 282 g/mol. The van der Waals surface area contributed by atoms with E-state index in [1.54, 1.807) is 0 Å². The topological polar surface area (TPSA) is 24.9 Å². The Morgan fingerprint density at radius 1 is 1.14 bits per heavy atom. The van der Waals surface area contributed by atoms with Crippen molar-refractivity contribution < 1.29 is 0 Å². The number of rotatable bonds is 5. The van der Waals surface area contributed by atoms with Gasteiger partial charge < -0.3 is 5.32 Å². The molecule has 2 heteroatoms. The zero-order valence-electron chi connectivity index (χ0n) is 13.0. The van der Waals surface area contributed by atoms with Crippen molar-refractivity contribution in [3.8, 4) is 0 Å². The highest BCUT2D eigenvalue weighted by molar-refractivity contribution is 5.82. The van der Waals surface area contributed by atoms with Crippen LogP contribution in [-0.4, -0.2) is 18.1 Å². The van der Waals surface area contributed by atoms with E-state index in [0.717, 1.165) is 24.5 Å². The van der Waals surface area contributed by atoms with Crippen molar-refractivity contribution in [3.63, 3.8) is 0 Å². The predicted octanol–water partition coefficient (Wildman–Crippen LogP) is 4.51. The quantitative estimate of drug-likeness (QED) is 0.816. The van der Waals surface area contributed by atoms with Crippen LogP contribution in [0.4, 0.5) is 0 Å². The molecule has 0 bridgehead atoms. The van der Waals surface area contributed by atoms with Gasteiger partial charge in [-0.15, -0.1) is 0 Å². The number of fused-ring (bicyclic) bond motifs is 1. The van der Waals surface area contributed by atoms with Gasteiger partial charge in [-0.3, -0.25) is 4.98 Å². The zero-order valence-corrected chi connectivity index (χ0v) is 13.0. The van der Waals surface area contributed by atoms with Gasteiger partial charge in [-0.05, 0) is 61.9 Å². The summed E-state index contributed by atoms with van der Waals surface area (Å²) < 4.78 is 0. The van der Waals surface area contributed by atoms with Gasteiger partial charge in [-0.25, -0.2) is 0 Å². The minimum atomic E-state index is 0.691. The van der Waals surface area contributed by atoms with Crippen LogP contribution in [-0.2, 0) is 0 Å². The van der Waals surface area contributed by atoms with Crippen molar-refractivity contribution in [1.82, 2.24) is 10.3 Å². The average Bonchev–Trinajstić information content (AvgIpc) is 2.55. The number of benzene rings is 1. The fraction of sp³-hybridized carbons (Fsp3) is 0.526. The third-order valence-electron chi connectivity index (χ3n) is 4.82. The van der Waals surface area contributed by atoms with E-state index in [0.29, 0.717) is 5.92 Å². The Labute approximate surface area is 128 Å². The summed E-state index contributed by atoms with van der Waals surface area (Å²) in [5, 5.41) is 4.99. The number of nitrogens with zero attached hydrogens (tertiary/aromatic N) is 1. The van der Waals surface area contributed by atoms with E-state index in [9.17, 15) is 0 Å². The fourth-order valence-corrected chi connectivity index (χ4v) is 3.78. The van der Waals surface area contributed by atoms with Gasteiger partial charge in [0.25, 0.3) is 0 Å². The molecule has 2 nitrogen and oxygen atoms in total. The van der Waals surface area contributed by atoms with Gasteiger partial charge in [-0.1, -0.05) is 38.0 Å². The molecule has 1 fully saturated rings. The third-order valence-corrected chi connectivity index (χ3v) is 4.82. The number of pyridine rings is 1. The Morgan fingerprint density at radius 3 is 2.95 bits per heavy atom. The van der Waals surface area contributed by atoms with E-state index >= 15 is 0 Å². The Morgan fingerprint density at radius 2 is 2.05 bits per heavy atom. The lowest BCUT2D eigenvalue weighted by atomic mass is 9.74. The van der Waals surface area contributed by atoms with Crippen LogP contribution in [0.3, 0.4) is 0 Å². The monoisotopic (exact) mass is 282 g/mol. The number of hydrogen-bond donors (Lipinski definition) is 1. The third kappa shape index (κ3) is 3.26. The van der Waals surface area contributed by atoms with Crippen LogP contribution >= 0.6 is 0 Å². The molecule has 0 saturated heterocycles. The molecule has 1 heterocycles. The van der Waals surface area contributed by atoms with E-state index < -0.39 is 0 Å². The van der Waals surface area contributed by atoms with Crippen molar-refractivity contribution in [3.05, 3.63) is 42.1 Å². The van der Waals surface area contributed by atoms with Crippen molar-refractivity contribution in [2.24, 2.45) is 5.92 Å². The second-order valence-corrected chi connectivity index (χ2v) is 6.27. The molecule has 112 valence electrons. The van der Waals surface area contributed by atoms with Crippen LogP contribution in [0.5, 0.6) is 0 Å². The van der Waals surface area contributed by atoms with E-state index in [2.05, 4.69) is 47.6 Å². The van der Waals surface area contributed by atoms with Gasteiger partial charge in [0.1, 0.15) is 0 Å². The minimum absolute atomic E-state index is 0.691. The molecule has 0 aliphatic heterocycles. The van der Waals surface area contributed by atoms with E-state index in [-0.39, 0.29) is 0 Å². The van der Waals surface area contributed by atoms with Crippen LogP contribution in [0.2, 0.25) is 0 Å². The van der Waals surface area contributed by atoms with Crippen LogP contribution in [0, 0.1) is 5.92 Å². The van der Waals surface area contributed by atoms with Crippen molar-refractivity contribution in [2.45, 2.75) is 44.9 Å². The lowest BCUT2D eigenvalue weighted by Gasteiger charge is -2.33. The molecular formula is C19H26N2. The summed E-state index contributed by atoms with van der Waals surface area (Å²) >= 11 is 0. The Balaban J connectivity index is 1.87. The SMILES string of the molecule is CCCNCC1CCCCC1c1cccc2ncccc12. The molecule has 1 aliphatic carbocycles. The largest absolute Gasteiger partial charge is 0.316 e. The predicted molar refractivity (Wildman–Crippen MR) is 89.6 cm³/mol. The van der Waals surface area contributed by atoms with Gasteiger partial charge in [-0.2, -0.15) is 0 Å². The molecule has 1 aliphatic rings. The summed E-state index contributed by atoms with van der Waals surface area (Å²) in [5.41, 5.74) is 2.66. The summed E-state index contributed by atoms with van der Waals surface area (Å²) in [6.07, 6.45) is 8.55. The summed E-state index contributed by atoms with van der Waals surface area (Å²) in [6, 6.07) is 10.9. The first-order chi connectivity index (χ1) is 10.4. The maximum atomic E-state index is 4.52. The molecular weight excluding hydrogens is 256 g/mol. The molecule has 1 aromatic carbocycles. The number of hydrogen-bond acceptors (Lipinski definition) is 2. The van der Waals surface area contributed by atoms with Crippen LogP contribution < -0.4 is 5.32 Å². The maximum Gasteiger partial charge on any atom is 0.0704 e. The van der Waals surface area contributed by atoms with Crippen molar-refractivity contribution in [1.29, 1.82) is 0 Å². The van der Waals surface area contributed by atoms with Crippen LogP contribution in [0.15, 0.2) is 36.5 Å². The maximum absolute atomic E-state index is 4.52. The van der Waals surface area contributed by atoms with Crippen LogP contribution in [0.25, 0.3) is 10.9 Å². The van der Waals surface area contributed by atoms with Gasteiger partial charge >= 0.3 is 0 Å². The van der Waals surface area contributed by atoms with E-state index in [4.69, 9.17) is 0 Å². The molecule has 0 spiro atoms. The minimum Gasteiger partial charge on any atom is -0.316 e. The Bertz CT molecular complexity index is 573. The lowest BCUT2D eigenvalue weighted by Crippen LogP contribution is -2.30. The van der Waals surface area contributed by atoms with Crippen molar-refractivity contribution in [2.75, 3.05) is 13.1 Å². The van der Waals surface area contributed by atoms with Gasteiger partial charge in [0.15, 0.2) is 0 Å². The molecule has 1 saturated carbocycles. The van der Waals surface area contributed by atoms with Gasteiger partial charge in [0.2, 0.25) is 0 Å². The summed E-state index contributed by atoms with van der Waals surface area (Å²) in [5.74, 6) is 1.46. The highest BCUT2D eigenvalue weighted by atomic mass is 14.9. The van der Waals surface area contributed by atoms with Gasteiger partial charge in [0, 0.05) is 11.6 Å². The van der Waals surface area contributed by atoms with Gasteiger partial charge in [0.05, 0.1) is 5.52 Å². The summed E-state index contributed by atoms with van der Waals surface area (Å²) in [7, 11) is 0. The number of nitrogens with one attached hydrogen (secondary N) is 1. The van der Waals surface area contributed by atoms with E-state index in [1.165, 1.54) is 43.1 Å². The van der Waals surface area contributed by atoms with E-state index in [1.807, 2.05) is 6.20 Å². The zero-order chi connectivity index (χ0) is 14.5. The molecule has 0 radical (unpaired) electrons. The van der Waals surface area contributed by atoms with Crippen molar-refractivity contribution >= 4 is 10.9 Å². The smallest absolute Gasteiger partial charge is 0.0704 e. The molecule has 1 aromatic heterocycles.